The first-order valence-electron chi connectivity index (χ1n) is 11.9. The summed E-state index contributed by atoms with van der Waals surface area (Å²) in [6.45, 7) is 2.28. The van der Waals surface area contributed by atoms with Crippen molar-refractivity contribution in [3.63, 3.8) is 0 Å². The first-order chi connectivity index (χ1) is 14.2. The van der Waals surface area contributed by atoms with E-state index in [-0.39, 0.29) is 5.91 Å². The van der Waals surface area contributed by atoms with E-state index in [2.05, 4.69) is 12.2 Å². The van der Waals surface area contributed by atoms with Gasteiger partial charge >= 0.3 is 0 Å². The number of ether oxygens (including phenoxy) is 1. The molecule has 0 heterocycles. The van der Waals surface area contributed by atoms with Crippen molar-refractivity contribution in [3.8, 4) is 5.75 Å². The van der Waals surface area contributed by atoms with E-state index in [4.69, 9.17) is 10.5 Å². The maximum absolute atomic E-state index is 12.1. The zero-order valence-corrected chi connectivity index (χ0v) is 18.9. The Morgan fingerprint density at radius 2 is 1.31 bits per heavy atom. The summed E-state index contributed by atoms with van der Waals surface area (Å²) < 4.78 is 5.12. The summed E-state index contributed by atoms with van der Waals surface area (Å²) in [7, 11) is 1.60. The van der Waals surface area contributed by atoms with Crippen LogP contribution >= 0.6 is 0 Å². The van der Waals surface area contributed by atoms with Crippen molar-refractivity contribution in [2.75, 3.05) is 18.2 Å². The Hall–Kier alpha value is -1.71. The average molecular weight is 405 g/mol. The van der Waals surface area contributed by atoms with Crippen LogP contribution in [0.5, 0.6) is 5.75 Å². The van der Waals surface area contributed by atoms with Crippen LogP contribution in [0.4, 0.5) is 11.4 Å². The van der Waals surface area contributed by atoms with Gasteiger partial charge in [0.05, 0.1) is 18.5 Å². The molecule has 1 amide bonds. The Balaban J connectivity index is 1.90. The number of unbranched alkanes of at least 4 members (excludes halogenated alkanes) is 14. The van der Waals surface area contributed by atoms with E-state index < -0.39 is 0 Å². The molecule has 4 heteroatoms. The first-order valence-corrected chi connectivity index (χ1v) is 11.9. The predicted octanol–water partition coefficient (Wildman–Crippen LogP) is 7.48. The van der Waals surface area contributed by atoms with Crippen LogP contribution in [-0.4, -0.2) is 13.0 Å². The molecule has 1 aromatic rings. The highest BCUT2D eigenvalue weighted by molar-refractivity contribution is 5.93. The Bertz CT molecular complexity index is 546. The average Bonchev–Trinajstić information content (AvgIpc) is 2.72. The third-order valence-corrected chi connectivity index (χ3v) is 5.54. The van der Waals surface area contributed by atoms with Crippen LogP contribution in [0, 0.1) is 0 Å². The molecule has 166 valence electrons. The molecule has 0 fully saturated rings. The lowest BCUT2D eigenvalue weighted by Crippen LogP contribution is -2.12. The zero-order chi connectivity index (χ0) is 21.2. The summed E-state index contributed by atoms with van der Waals surface area (Å²) in [5.41, 5.74) is 7.14. The van der Waals surface area contributed by atoms with E-state index in [1.807, 2.05) is 0 Å². The van der Waals surface area contributed by atoms with Crippen LogP contribution in [0.25, 0.3) is 0 Å². The molecule has 0 aliphatic carbocycles. The van der Waals surface area contributed by atoms with E-state index in [1.165, 1.54) is 83.5 Å². The number of carbonyl (C=O) groups excluding carboxylic acids is 1. The summed E-state index contributed by atoms with van der Waals surface area (Å²) >= 11 is 0. The van der Waals surface area contributed by atoms with E-state index in [0.717, 1.165) is 12.8 Å². The molecule has 3 N–H and O–H groups in total. The van der Waals surface area contributed by atoms with Gasteiger partial charge in [-0.05, 0) is 18.6 Å². The number of amides is 1. The van der Waals surface area contributed by atoms with Crippen molar-refractivity contribution >= 4 is 17.3 Å². The summed E-state index contributed by atoms with van der Waals surface area (Å²) in [4.78, 5) is 12.1. The van der Waals surface area contributed by atoms with Crippen LogP contribution in [-0.2, 0) is 4.79 Å². The van der Waals surface area contributed by atoms with Crippen molar-refractivity contribution < 1.29 is 9.53 Å². The number of methoxy groups -OCH3 is 1. The summed E-state index contributed by atoms with van der Waals surface area (Å²) in [5, 5.41) is 2.89. The smallest absolute Gasteiger partial charge is 0.224 e. The number of rotatable bonds is 18. The van der Waals surface area contributed by atoms with Crippen molar-refractivity contribution in [3.05, 3.63) is 18.2 Å². The summed E-state index contributed by atoms with van der Waals surface area (Å²) in [6, 6.07) is 5.32. The predicted molar refractivity (Wildman–Crippen MR) is 126 cm³/mol. The lowest BCUT2D eigenvalue weighted by Gasteiger charge is -2.09. The molecule has 0 aliphatic heterocycles. The minimum absolute atomic E-state index is 0.0385. The fraction of sp³-hybridized carbons (Fsp3) is 0.720. The normalized spacial score (nSPS) is 10.8. The van der Waals surface area contributed by atoms with Crippen LogP contribution in [0.1, 0.15) is 110 Å². The van der Waals surface area contributed by atoms with Crippen molar-refractivity contribution in [1.82, 2.24) is 0 Å². The van der Waals surface area contributed by atoms with Gasteiger partial charge in [0.15, 0.2) is 0 Å². The topological polar surface area (TPSA) is 64.3 Å². The maximum Gasteiger partial charge on any atom is 0.224 e. The highest BCUT2D eigenvalue weighted by Gasteiger charge is 2.06. The molecule has 0 saturated carbocycles. The van der Waals surface area contributed by atoms with Gasteiger partial charge in [0.1, 0.15) is 5.75 Å². The zero-order valence-electron chi connectivity index (χ0n) is 18.9. The van der Waals surface area contributed by atoms with E-state index >= 15 is 0 Å². The number of hydrogen-bond donors (Lipinski definition) is 2. The lowest BCUT2D eigenvalue weighted by atomic mass is 10.0. The molecule has 0 bridgehead atoms. The summed E-state index contributed by atoms with van der Waals surface area (Å²) in [6.07, 6.45) is 20.5. The number of nitrogen functional groups attached to an aromatic ring is 1. The molecule has 0 aromatic heterocycles. The molecule has 0 atom stereocenters. The van der Waals surface area contributed by atoms with Gasteiger partial charge in [-0.3, -0.25) is 4.79 Å². The molecule has 1 rings (SSSR count). The maximum atomic E-state index is 12.1. The number of nitrogens with one attached hydrogen (secondary N) is 1. The first kappa shape index (κ1) is 25.3. The van der Waals surface area contributed by atoms with Crippen molar-refractivity contribution in [2.45, 2.75) is 110 Å². The van der Waals surface area contributed by atoms with Gasteiger partial charge in [0.25, 0.3) is 0 Å². The Morgan fingerprint density at radius 3 is 1.76 bits per heavy atom. The quantitative estimate of drug-likeness (QED) is 0.197. The van der Waals surface area contributed by atoms with Crippen LogP contribution in [0.15, 0.2) is 18.2 Å². The second-order valence-corrected chi connectivity index (χ2v) is 8.20. The van der Waals surface area contributed by atoms with Gasteiger partial charge in [-0.1, -0.05) is 96.8 Å². The van der Waals surface area contributed by atoms with Gasteiger partial charge < -0.3 is 15.8 Å². The van der Waals surface area contributed by atoms with Gasteiger partial charge in [-0.25, -0.2) is 0 Å². The van der Waals surface area contributed by atoms with E-state index in [0.29, 0.717) is 23.5 Å². The third-order valence-electron chi connectivity index (χ3n) is 5.54. The molecule has 0 aliphatic rings. The second kappa shape index (κ2) is 17.2. The second-order valence-electron chi connectivity index (χ2n) is 8.20. The van der Waals surface area contributed by atoms with Gasteiger partial charge in [-0.15, -0.1) is 0 Å². The number of benzene rings is 1. The Kier molecular flexibility index (Phi) is 15.0. The molecule has 0 unspecified atom stereocenters. The fourth-order valence-corrected chi connectivity index (χ4v) is 3.65. The monoisotopic (exact) mass is 404 g/mol. The van der Waals surface area contributed by atoms with Gasteiger partial charge in [0.2, 0.25) is 5.91 Å². The number of hydrogen-bond acceptors (Lipinski definition) is 3. The molecular weight excluding hydrogens is 360 g/mol. The SMILES string of the molecule is CCCCCCCCCCCCCCCCCC(=O)Nc1ccc(OC)cc1N. The largest absolute Gasteiger partial charge is 0.497 e. The van der Waals surface area contributed by atoms with Crippen LogP contribution in [0.3, 0.4) is 0 Å². The van der Waals surface area contributed by atoms with Crippen molar-refractivity contribution in [2.24, 2.45) is 0 Å². The number of carbonyl (C=O) groups is 1. The van der Waals surface area contributed by atoms with Gasteiger partial charge in [-0.2, -0.15) is 0 Å². The lowest BCUT2D eigenvalue weighted by molar-refractivity contribution is -0.116. The van der Waals surface area contributed by atoms with E-state index in [9.17, 15) is 4.79 Å². The Labute approximate surface area is 179 Å². The third kappa shape index (κ3) is 13.2. The highest BCUT2D eigenvalue weighted by atomic mass is 16.5. The van der Waals surface area contributed by atoms with Crippen molar-refractivity contribution in [1.29, 1.82) is 0 Å². The van der Waals surface area contributed by atoms with Crippen LogP contribution < -0.4 is 15.8 Å². The number of nitrogens with two attached hydrogens (primary N) is 1. The standard InChI is InChI=1S/C25H44N2O2/c1-3-4-5-6-7-8-9-10-11-12-13-14-15-16-17-18-25(28)27-24-20-19-22(29-2)21-23(24)26/h19-21H,3-18,26H2,1-2H3,(H,27,28). The Morgan fingerprint density at radius 1 is 0.828 bits per heavy atom. The van der Waals surface area contributed by atoms with Crippen LogP contribution in [0.2, 0.25) is 0 Å². The fourth-order valence-electron chi connectivity index (χ4n) is 3.65. The van der Waals surface area contributed by atoms with Gasteiger partial charge in [0, 0.05) is 12.5 Å². The minimum Gasteiger partial charge on any atom is -0.497 e. The molecule has 4 nitrogen and oxygen atoms in total. The highest BCUT2D eigenvalue weighted by Crippen LogP contribution is 2.24. The number of anilines is 2. The molecule has 0 spiro atoms. The molecular formula is C25H44N2O2. The summed E-state index contributed by atoms with van der Waals surface area (Å²) in [5.74, 6) is 0.736. The molecule has 1 aromatic carbocycles. The van der Waals surface area contributed by atoms with E-state index in [1.54, 1.807) is 25.3 Å². The minimum atomic E-state index is 0.0385. The molecule has 0 saturated heterocycles. The molecule has 0 radical (unpaired) electrons. The molecule has 29 heavy (non-hydrogen) atoms.